The van der Waals surface area contributed by atoms with Crippen molar-refractivity contribution in [3.8, 4) is 0 Å². The Labute approximate surface area is 146 Å². The van der Waals surface area contributed by atoms with Gasteiger partial charge < -0.3 is 9.80 Å². The second kappa shape index (κ2) is 8.04. The number of likely N-dealkylation sites (tertiary alicyclic amines) is 2. The molecule has 0 aliphatic carbocycles. The van der Waals surface area contributed by atoms with Crippen LogP contribution in [0.15, 0.2) is 29.2 Å². The molecule has 23 heavy (non-hydrogen) atoms. The van der Waals surface area contributed by atoms with Crippen LogP contribution in [0.3, 0.4) is 0 Å². The van der Waals surface area contributed by atoms with E-state index in [1.807, 2.05) is 16.7 Å². The van der Waals surface area contributed by atoms with Crippen LogP contribution >= 0.6 is 11.8 Å². The van der Waals surface area contributed by atoms with Crippen LogP contribution in [0.1, 0.15) is 38.7 Å². The third-order valence-electron chi connectivity index (χ3n) is 5.91. The Morgan fingerprint density at radius 2 is 1.61 bits per heavy atom. The molecule has 0 amide bonds. The Morgan fingerprint density at radius 1 is 1.00 bits per heavy atom. The SMILES string of the molecule is CSc1ccc(C[NH+]2CCC([NH+]3C[C@@H](C)C[C@H](C)C3)CC2)cc1. The maximum atomic E-state index is 2.45. The zero-order chi connectivity index (χ0) is 16.2. The van der Waals surface area contributed by atoms with Gasteiger partial charge in [-0.2, -0.15) is 0 Å². The van der Waals surface area contributed by atoms with E-state index in [1.165, 1.54) is 62.4 Å². The van der Waals surface area contributed by atoms with E-state index in [9.17, 15) is 0 Å². The summed E-state index contributed by atoms with van der Waals surface area (Å²) in [5, 5.41) is 0. The van der Waals surface area contributed by atoms with E-state index in [1.54, 1.807) is 4.90 Å². The molecule has 2 aliphatic heterocycles. The fourth-order valence-electron chi connectivity index (χ4n) is 4.81. The summed E-state index contributed by atoms with van der Waals surface area (Å²) in [6.07, 6.45) is 6.44. The highest BCUT2D eigenvalue weighted by Crippen LogP contribution is 2.15. The van der Waals surface area contributed by atoms with E-state index >= 15 is 0 Å². The van der Waals surface area contributed by atoms with Crippen molar-refractivity contribution in [2.45, 2.75) is 50.6 Å². The van der Waals surface area contributed by atoms with Crippen LogP contribution in [-0.2, 0) is 6.54 Å². The molecule has 2 nitrogen and oxygen atoms in total. The lowest BCUT2D eigenvalue weighted by molar-refractivity contribution is -0.969. The highest BCUT2D eigenvalue weighted by molar-refractivity contribution is 7.98. The van der Waals surface area contributed by atoms with E-state index in [4.69, 9.17) is 0 Å². The van der Waals surface area contributed by atoms with Crippen molar-refractivity contribution < 1.29 is 9.80 Å². The van der Waals surface area contributed by atoms with E-state index in [0.29, 0.717) is 0 Å². The molecular formula is C20H34N2S+2. The van der Waals surface area contributed by atoms with Crippen molar-refractivity contribution >= 4 is 11.8 Å². The molecule has 0 spiro atoms. The van der Waals surface area contributed by atoms with E-state index in [2.05, 4.69) is 44.4 Å². The third kappa shape index (κ3) is 4.74. The Morgan fingerprint density at radius 3 is 2.17 bits per heavy atom. The van der Waals surface area contributed by atoms with Crippen molar-refractivity contribution in [3.63, 3.8) is 0 Å². The number of nitrogens with one attached hydrogen (secondary N) is 2. The first-order valence-electron chi connectivity index (χ1n) is 9.45. The van der Waals surface area contributed by atoms with E-state index in [0.717, 1.165) is 17.9 Å². The van der Waals surface area contributed by atoms with Gasteiger partial charge in [0.15, 0.2) is 0 Å². The predicted octanol–water partition coefficient (Wildman–Crippen LogP) is 1.52. The molecular weight excluding hydrogens is 300 g/mol. The molecule has 2 aliphatic rings. The second-order valence-electron chi connectivity index (χ2n) is 8.06. The first kappa shape index (κ1) is 17.3. The van der Waals surface area contributed by atoms with Crippen LogP contribution in [0.5, 0.6) is 0 Å². The molecule has 0 bridgehead atoms. The summed E-state index contributed by atoms with van der Waals surface area (Å²) in [4.78, 5) is 5.08. The first-order chi connectivity index (χ1) is 11.1. The maximum Gasteiger partial charge on any atom is 0.103 e. The van der Waals surface area contributed by atoms with Gasteiger partial charge in [-0.3, -0.25) is 0 Å². The maximum absolute atomic E-state index is 2.45. The molecule has 2 N–H and O–H groups in total. The minimum absolute atomic E-state index is 0.925. The highest BCUT2D eigenvalue weighted by Gasteiger charge is 2.34. The molecule has 3 heteroatoms. The van der Waals surface area contributed by atoms with Gasteiger partial charge >= 0.3 is 0 Å². The normalized spacial score (nSPS) is 35.2. The number of benzene rings is 1. The molecule has 1 aromatic carbocycles. The third-order valence-corrected chi connectivity index (χ3v) is 6.65. The summed E-state index contributed by atoms with van der Waals surface area (Å²) in [7, 11) is 0. The van der Waals surface area contributed by atoms with Crippen LogP contribution < -0.4 is 9.80 Å². The Kier molecular flexibility index (Phi) is 6.06. The molecule has 2 fully saturated rings. The van der Waals surface area contributed by atoms with E-state index in [-0.39, 0.29) is 0 Å². The number of quaternary nitrogens is 2. The fourth-order valence-corrected chi connectivity index (χ4v) is 5.22. The largest absolute Gasteiger partial charge is 0.332 e. The Hall–Kier alpha value is -0.510. The van der Waals surface area contributed by atoms with Gasteiger partial charge in [0, 0.05) is 35.1 Å². The Bertz CT molecular complexity index is 469. The van der Waals surface area contributed by atoms with E-state index < -0.39 is 0 Å². The molecule has 1 aromatic rings. The average molecular weight is 335 g/mol. The molecule has 0 radical (unpaired) electrons. The standard InChI is InChI=1S/C20H32N2S/c1-16-12-17(2)14-22(13-16)19-8-10-21(11-9-19)15-18-4-6-20(23-3)7-5-18/h4-7,16-17,19H,8-15H2,1-3H3/p+2/t16-,17-/m0/s1. The molecule has 128 valence electrons. The summed E-state index contributed by atoms with van der Waals surface area (Å²) >= 11 is 1.83. The molecule has 2 heterocycles. The van der Waals surface area contributed by atoms with Crippen LogP contribution in [0.4, 0.5) is 0 Å². The van der Waals surface area contributed by atoms with Gasteiger partial charge in [-0.15, -0.1) is 11.8 Å². The van der Waals surface area contributed by atoms with Crippen LogP contribution in [-0.4, -0.2) is 38.5 Å². The summed E-state index contributed by atoms with van der Waals surface area (Å²) < 4.78 is 0. The van der Waals surface area contributed by atoms with Gasteiger partial charge in [0.1, 0.15) is 6.54 Å². The van der Waals surface area contributed by atoms with Crippen molar-refractivity contribution in [2.24, 2.45) is 11.8 Å². The molecule has 0 unspecified atom stereocenters. The van der Waals surface area contributed by atoms with Crippen molar-refractivity contribution in [1.29, 1.82) is 0 Å². The number of hydrogen-bond donors (Lipinski definition) is 2. The van der Waals surface area contributed by atoms with Gasteiger partial charge in [0.2, 0.25) is 0 Å². The van der Waals surface area contributed by atoms with Gasteiger partial charge in [0.05, 0.1) is 32.2 Å². The summed E-state index contributed by atoms with van der Waals surface area (Å²) in [6, 6.07) is 10.1. The highest BCUT2D eigenvalue weighted by atomic mass is 32.2. The smallest absolute Gasteiger partial charge is 0.103 e. The molecule has 3 rings (SSSR count). The average Bonchev–Trinajstić information content (AvgIpc) is 2.55. The quantitative estimate of drug-likeness (QED) is 0.794. The fraction of sp³-hybridized carbons (Fsp3) is 0.700. The molecule has 0 saturated carbocycles. The van der Waals surface area contributed by atoms with Gasteiger partial charge in [-0.25, -0.2) is 0 Å². The summed E-state index contributed by atoms with van der Waals surface area (Å²) in [5.74, 6) is 1.85. The Balaban J connectivity index is 1.48. The lowest BCUT2D eigenvalue weighted by Gasteiger charge is -2.39. The molecule has 0 aromatic heterocycles. The number of rotatable bonds is 4. The van der Waals surface area contributed by atoms with Crippen molar-refractivity contribution in [3.05, 3.63) is 29.8 Å². The minimum Gasteiger partial charge on any atom is -0.332 e. The van der Waals surface area contributed by atoms with Gasteiger partial charge in [0.25, 0.3) is 0 Å². The summed E-state index contributed by atoms with van der Waals surface area (Å²) in [6.45, 7) is 11.7. The van der Waals surface area contributed by atoms with Crippen LogP contribution in [0.25, 0.3) is 0 Å². The second-order valence-corrected chi connectivity index (χ2v) is 8.94. The van der Waals surface area contributed by atoms with Crippen LogP contribution in [0, 0.1) is 11.8 Å². The minimum atomic E-state index is 0.925. The lowest BCUT2D eigenvalue weighted by Crippen LogP contribution is -3.21. The number of hydrogen-bond acceptors (Lipinski definition) is 1. The lowest BCUT2D eigenvalue weighted by atomic mass is 9.89. The van der Waals surface area contributed by atoms with Crippen molar-refractivity contribution in [2.75, 3.05) is 32.4 Å². The topological polar surface area (TPSA) is 8.88 Å². The monoisotopic (exact) mass is 334 g/mol. The zero-order valence-corrected chi connectivity index (χ0v) is 15.9. The number of thioether (sulfide) groups is 1. The van der Waals surface area contributed by atoms with Gasteiger partial charge in [-0.1, -0.05) is 26.0 Å². The summed E-state index contributed by atoms with van der Waals surface area (Å²) in [5.41, 5.74) is 1.50. The van der Waals surface area contributed by atoms with Crippen LogP contribution in [0.2, 0.25) is 0 Å². The van der Waals surface area contributed by atoms with Crippen molar-refractivity contribution in [1.82, 2.24) is 0 Å². The molecule has 2 saturated heterocycles. The predicted molar refractivity (Wildman–Crippen MR) is 99.3 cm³/mol. The first-order valence-corrected chi connectivity index (χ1v) is 10.7. The number of piperidine rings is 2. The van der Waals surface area contributed by atoms with Gasteiger partial charge in [-0.05, 0) is 24.8 Å². The zero-order valence-electron chi connectivity index (χ0n) is 15.1. The molecule has 2 atom stereocenters.